The standard InChI is InChI=1S/C20H20ClN5O3S2/c21-15-5-7-16(8-6-15)22-18(27)13-30-20-23-19(24-25-20)14-3-9-17(10-4-14)31(28,29)26-11-1-2-12-26/h3-10H,1-2,11-13H2,(H,22,27)(H,23,24,25). The Kier molecular flexibility index (Phi) is 6.61. The van der Waals surface area contributed by atoms with Gasteiger partial charge in [0.15, 0.2) is 5.82 Å². The molecule has 0 unspecified atom stereocenters. The summed E-state index contributed by atoms with van der Waals surface area (Å²) in [6, 6.07) is 13.4. The number of anilines is 1. The van der Waals surface area contributed by atoms with Crippen molar-refractivity contribution in [2.24, 2.45) is 0 Å². The quantitative estimate of drug-likeness (QED) is 0.503. The van der Waals surface area contributed by atoms with Gasteiger partial charge in [-0.25, -0.2) is 13.4 Å². The van der Waals surface area contributed by atoms with Crippen LogP contribution in [0.25, 0.3) is 11.4 Å². The summed E-state index contributed by atoms with van der Waals surface area (Å²) in [7, 11) is -3.45. The van der Waals surface area contributed by atoms with Crippen LogP contribution in [0.5, 0.6) is 0 Å². The highest BCUT2D eigenvalue weighted by Gasteiger charge is 2.27. The van der Waals surface area contributed by atoms with Gasteiger partial charge in [0.2, 0.25) is 21.1 Å². The van der Waals surface area contributed by atoms with Gasteiger partial charge in [0, 0.05) is 29.4 Å². The fraction of sp³-hybridized carbons (Fsp3) is 0.250. The Morgan fingerprint density at radius 1 is 1.10 bits per heavy atom. The van der Waals surface area contributed by atoms with Gasteiger partial charge in [0.25, 0.3) is 0 Å². The van der Waals surface area contributed by atoms with Crippen molar-refractivity contribution < 1.29 is 13.2 Å². The molecule has 1 aliphatic rings. The van der Waals surface area contributed by atoms with Gasteiger partial charge in [-0.3, -0.25) is 9.89 Å². The monoisotopic (exact) mass is 477 g/mol. The molecular weight excluding hydrogens is 458 g/mol. The van der Waals surface area contributed by atoms with Gasteiger partial charge in [-0.1, -0.05) is 23.4 Å². The number of nitrogens with one attached hydrogen (secondary N) is 2. The molecule has 1 fully saturated rings. The number of amides is 1. The number of carbonyl (C=O) groups is 1. The minimum atomic E-state index is -3.45. The number of carbonyl (C=O) groups excluding carboxylic acids is 1. The van der Waals surface area contributed by atoms with E-state index in [0.29, 0.717) is 40.3 Å². The zero-order chi connectivity index (χ0) is 21.8. The van der Waals surface area contributed by atoms with E-state index >= 15 is 0 Å². The molecule has 2 aromatic carbocycles. The lowest BCUT2D eigenvalue weighted by Crippen LogP contribution is -2.27. The number of halogens is 1. The van der Waals surface area contributed by atoms with Crippen LogP contribution in [0.3, 0.4) is 0 Å². The Bertz CT molecular complexity index is 1160. The number of aromatic nitrogens is 3. The molecule has 4 rings (SSSR count). The van der Waals surface area contributed by atoms with Crippen molar-refractivity contribution in [3.05, 3.63) is 53.6 Å². The third-order valence-corrected chi connectivity index (χ3v) is 7.77. The predicted molar refractivity (Wildman–Crippen MR) is 121 cm³/mol. The second kappa shape index (κ2) is 9.39. The number of hydrogen-bond acceptors (Lipinski definition) is 6. The van der Waals surface area contributed by atoms with Crippen molar-refractivity contribution in [2.45, 2.75) is 22.9 Å². The van der Waals surface area contributed by atoms with Crippen LogP contribution < -0.4 is 5.32 Å². The Labute approximate surface area is 189 Å². The molecule has 0 spiro atoms. The summed E-state index contributed by atoms with van der Waals surface area (Å²) >= 11 is 7.03. The van der Waals surface area contributed by atoms with E-state index in [1.165, 1.54) is 16.1 Å². The van der Waals surface area contributed by atoms with Crippen LogP contribution in [0.1, 0.15) is 12.8 Å². The molecule has 1 aromatic heterocycles. The first-order valence-electron chi connectivity index (χ1n) is 9.63. The average molecular weight is 478 g/mol. The lowest BCUT2D eigenvalue weighted by atomic mass is 10.2. The highest BCUT2D eigenvalue weighted by molar-refractivity contribution is 7.99. The second-order valence-electron chi connectivity index (χ2n) is 6.95. The number of thioether (sulfide) groups is 1. The van der Waals surface area contributed by atoms with E-state index < -0.39 is 10.0 Å². The van der Waals surface area contributed by atoms with Gasteiger partial charge in [0.05, 0.1) is 10.6 Å². The lowest BCUT2D eigenvalue weighted by molar-refractivity contribution is -0.113. The summed E-state index contributed by atoms with van der Waals surface area (Å²) in [5.41, 5.74) is 1.37. The fourth-order valence-electron chi connectivity index (χ4n) is 3.16. The maximum absolute atomic E-state index is 12.6. The van der Waals surface area contributed by atoms with E-state index in [2.05, 4.69) is 20.5 Å². The first-order valence-corrected chi connectivity index (χ1v) is 12.4. The summed E-state index contributed by atoms with van der Waals surface area (Å²) in [6.07, 6.45) is 1.79. The minimum Gasteiger partial charge on any atom is -0.325 e. The first-order chi connectivity index (χ1) is 14.9. The second-order valence-corrected chi connectivity index (χ2v) is 10.3. The Morgan fingerprint density at radius 2 is 1.77 bits per heavy atom. The van der Waals surface area contributed by atoms with Gasteiger partial charge in [0.1, 0.15) is 0 Å². The van der Waals surface area contributed by atoms with Crippen molar-refractivity contribution in [1.29, 1.82) is 0 Å². The van der Waals surface area contributed by atoms with Crippen LogP contribution in [0, 0.1) is 0 Å². The van der Waals surface area contributed by atoms with Gasteiger partial charge >= 0.3 is 0 Å². The molecule has 0 radical (unpaired) electrons. The van der Waals surface area contributed by atoms with E-state index in [0.717, 1.165) is 12.8 Å². The van der Waals surface area contributed by atoms with Gasteiger partial charge in [-0.2, -0.15) is 4.31 Å². The van der Waals surface area contributed by atoms with E-state index in [4.69, 9.17) is 11.6 Å². The fourth-order valence-corrected chi connectivity index (χ4v) is 5.40. The summed E-state index contributed by atoms with van der Waals surface area (Å²) in [6.45, 7) is 1.14. The molecule has 3 aromatic rings. The minimum absolute atomic E-state index is 0.146. The Morgan fingerprint density at radius 3 is 2.45 bits per heavy atom. The van der Waals surface area contributed by atoms with Gasteiger partial charge in [-0.15, -0.1) is 5.10 Å². The van der Waals surface area contributed by atoms with Crippen LogP contribution in [0.2, 0.25) is 5.02 Å². The summed E-state index contributed by atoms with van der Waals surface area (Å²) < 4.78 is 26.8. The molecule has 1 amide bonds. The summed E-state index contributed by atoms with van der Waals surface area (Å²) in [4.78, 5) is 16.7. The van der Waals surface area contributed by atoms with Crippen LogP contribution in [-0.2, 0) is 14.8 Å². The van der Waals surface area contributed by atoms with Crippen LogP contribution >= 0.6 is 23.4 Å². The highest BCUT2D eigenvalue weighted by atomic mass is 35.5. The number of aromatic amines is 1. The van der Waals surface area contributed by atoms with Crippen molar-refractivity contribution in [3.8, 4) is 11.4 Å². The van der Waals surface area contributed by atoms with E-state index in [1.807, 2.05) is 0 Å². The zero-order valence-corrected chi connectivity index (χ0v) is 18.8. The number of benzene rings is 2. The maximum atomic E-state index is 12.6. The van der Waals surface area contributed by atoms with E-state index in [9.17, 15) is 13.2 Å². The number of sulfonamides is 1. The molecule has 1 aliphatic heterocycles. The molecule has 2 N–H and O–H groups in total. The van der Waals surface area contributed by atoms with E-state index in [-0.39, 0.29) is 16.6 Å². The molecule has 162 valence electrons. The first kappa shape index (κ1) is 21.8. The molecule has 2 heterocycles. The molecule has 1 saturated heterocycles. The summed E-state index contributed by atoms with van der Waals surface area (Å²) in [5.74, 6) is 0.466. The highest BCUT2D eigenvalue weighted by Crippen LogP contribution is 2.24. The van der Waals surface area contributed by atoms with Crippen molar-refractivity contribution >= 4 is 45.0 Å². The van der Waals surface area contributed by atoms with Crippen molar-refractivity contribution in [3.63, 3.8) is 0 Å². The summed E-state index contributed by atoms with van der Waals surface area (Å²) in [5, 5.41) is 10.7. The molecule has 0 saturated carbocycles. The Balaban J connectivity index is 1.36. The SMILES string of the molecule is O=C(CSc1n[nH]c(-c2ccc(S(=O)(=O)N3CCCC3)cc2)n1)Nc1ccc(Cl)cc1. The number of H-pyrrole nitrogens is 1. The number of rotatable bonds is 7. The molecule has 31 heavy (non-hydrogen) atoms. The van der Waals surface area contributed by atoms with Crippen LogP contribution in [-0.4, -0.2) is 52.7 Å². The lowest BCUT2D eigenvalue weighted by Gasteiger charge is -2.15. The van der Waals surface area contributed by atoms with Crippen molar-refractivity contribution in [1.82, 2.24) is 19.5 Å². The maximum Gasteiger partial charge on any atom is 0.243 e. The van der Waals surface area contributed by atoms with Crippen LogP contribution in [0.4, 0.5) is 5.69 Å². The predicted octanol–water partition coefficient (Wildman–Crippen LogP) is 3.64. The number of hydrogen-bond donors (Lipinski definition) is 2. The smallest absolute Gasteiger partial charge is 0.243 e. The third-order valence-electron chi connectivity index (χ3n) is 4.76. The molecule has 0 aliphatic carbocycles. The zero-order valence-electron chi connectivity index (χ0n) is 16.4. The topological polar surface area (TPSA) is 108 Å². The van der Waals surface area contributed by atoms with Crippen LogP contribution in [0.15, 0.2) is 58.6 Å². The molecule has 8 nitrogen and oxygen atoms in total. The molecule has 0 atom stereocenters. The third kappa shape index (κ3) is 5.27. The average Bonchev–Trinajstić information content (AvgIpc) is 3.47. The normalized spacial score (nSPS) is 14.6. The Hall–Kier alpha value is -2.40. The largest absolute Gasteiger partial charge is 0.325 e. The van der Waals surface area contributed by atoms with Gasteiger partial charge < -0.3 is 5.32 Å². The molecular formula is C20H20ClN5O3S2. The molecule has 0 bridgehead atoms. The van der Waals surface area contributed by atoms with E-state index in [1.54, 1.807) is 48.5 Å². The van der Waals surface area contributed by atoms with Gasteiger partial charge in [-0.05, 0) is 61.4 Å². The molecule has 11 heteroatoms. The van der Waals surface area contributed by atoms with Crippen molar-refractivity contribution in [2.75, 3.05) is 24.2 Å². The number of nitrogens with zero attached hydrogens (tertiary/aromatic N) is 3.